The summed E-state index contributed by atoms with van der Waals surface area (Å²) in [6.45, 7) is 2.37. The van der Waals surface area contributed by atoms with Crippen LogP contribution in [-0.2, 0) is 0 Å². The minimum Gasteiger partial charge on any atom is -0.436 e. The van der Waals surface area contributed by atoms with E-state index in [4.69, 9.17) is 27.9 Å². The first kappa shape index (κ1) is 18.2. The van der Waals surface area contributed by atoms with Crippen molar-refractivity contribution < 1.29 is 9.53 Å². The lowest BCUT2D eigenvalue weighted by Gasteiger charge is -2.21. The molecule has 3 rings (SSSR count). The maximum absolute atomic E-state index is 13.0. The zero-order valence-electron chi connectivity index (χ0n) is 13.9. The van der Waals surface area contributed by atoms with E-state index >= 15 is 0 Å². The van der Waals surface area contributed by atoms with Gasteiger partial charge in [-0.3, -0.25) is 4.79 Å². The molecule has 0 spiro atoms. The fourth-order valence-corrected chi connectivity index (χ4v) is 2.72. The topological polar surface area (TPSA) is 55.3 Å². The molecule has 1 aromatic heterocycles. The van der Waals surface area contributed by atoms with E-state index in [1.807, 2.05) is 37.3 Å². The van der Waals surface area contributed by atoms with Gasteiger partial charge in [0.1, 0.15) is 17.6 Å². The van der Waals surface area contributed by atoms with Crippen molar-refractivity contribution in [3.05, 3.63) is 76.7 Å². The van der Waals surface area contributed by atoms with Crippen molar-refractivity contribution in [2.24, 2.45) is 0 Å². The summed E-state index contributed by atoms with van der Waals surface area (Å²) < 4.78 is 5.76. The summed E-state index contributed by atoms with van der Waals surface area (Å²) in [5.74, 6) is 0.158. The molecule has 0 atom stereocenters. The average molecular weight is 388 g/mol. The highest BCUT2D eigenvalue weighted by Gasteiger charge is 2.22. The molecule has 0 saturated carbocycles. The summed E-state index contributed by atoms with van der Waals surface area (Å²) in [7, 11) is 0. The van der Waals surface area contributed by atoms with Gasteiger partial charge in [0.25, 0.3) is 5.91 Å². The number of halogens is 2. The van der Waals surface area contributed by atoms with Crippen molar-refractivity contribution in [2.75, 3.05) is 11.4 Å². The van der Waals surface area contributed by atoms with E-state index in [0.29, 0.717) is 22.3 Å². The normalized spacial score (nSPS) is 10.4. The summed E-state index contributed by atoms with van der Waals surface area (Å²) in [6.07, 6.45) is 2.73. The number of ether oxygens (including phenoxy) is 1. The number of amides is 1. The summed E-state index contributed by atoms with van der Waals surface area (Å²) in [5, 5.41) is 0.827. The van der Waals surface area contributed by atoms with Gasteiger partial charge in [-0.1, -0.05) is 41.4 Å². The van der Waals surface area contributed by atoms with E-state index in [9.17, 15) is 4.79 Å². The molecule has 7 heteroatoms. The monoisotopic (exact) mass is 387 g/mol. The van der Waals surface area contributed by atoms with Crippen LogP contribution in [0.1, 0.15) is 17.3 Å². The molecule has 0 radical (unpaired) electrons. The second-order valence-electron chi connectivity index (χ2n) is 5.30. The third-order valence-electron chi connectivity index (χ3n) is 3.64. The zero-order chi connectivity index (χ0) is 18.5. The van der Waals surface area contributed by atoms with Crippen molar-refractivity contribution in [3.63, 3.8) is 0 Å². The van der Waals surface area contributed by atoms with Gasteiger partial charge < -0.3 is 9.64 Å². The molecule has 0 aliphatic rings. The Morgan fingerprint density at radius 2 is 1.92 bits per heavy atom. The number of nitrogens with zero attached hydrogens (tertiary/aromatic N) is 3. The van der Waals surface area contributed by atoms with Gasteiger partial charge in [-0.15, -0.1) is 0 Å². The maximum Gasteiger partial charge on any atom is 0.265 e. The Labute approximate surface area is 161 Å². The fraction of sp³-hybridized carbons (Fsp3) is 0.105. The summed E-state index contributed by atoms with van der Waals surface area (Å²) >= 11 is 12.1. The van der Waals surface area contributed by atoms with Gasteiger partial charge in [-0.25, -0.2) is 9.97 Å². The van der Waals surface area contributed by atoms with Gasteiger partial charge in [-0.05, 0) is 31.2 Å². The molecular weight excluding hydrogens is 373 g/mol. The highest BCUT2D eigenvalue weighted by Crippen LogP contribution is 2.32. The Kier molecular flexibility index (Phi) is 5.71. The molecule has 0 bridgehead atoms. The molecule has 2 aromatic carbocycles. The molecule has 0 aliphatic carbocycles. The second kappa shape index (κ2) is 8.17. The molecule has 26 heavy (non-hydrogen) atoms. The number of rotatable bonds is 5. The number of benzene rings is 2. The van der Waals surface area contributed by atoms with Crippen LogP contribution in [0.15, 0.2) is 61.1 Å². The molecule has 0 fully saturated rings. The first-order valence-corrected chi connectivity index (χ1v) is 8.65. The Balaban J connectivity index is 1.96. The number of anilines is 1. The second-order valence-corrected chi connectivity index (χ2v) is 6.15. The lowest BCUT2D eigenvalue weighted by atomic mass is 10.2. The molecular formula is C19H15Cl2N3O2. The van der Waals surface area contributed by atoms with Crippen LogP contribution in [0.3, 0.4) is 0 Å². The molecule has 0 N–H and O–H groups in total. The fourth-order valence-electron chi connectivity index (χ4n) is 2.40. The van der Waals surface area contributed by atoms with Crippen LogP contribution in [0, 0.1) is 0 Å². The van der Waals surface area contributed by atoms with Crippen molar-refractivity contribution in [1.82, 2.24) is 9.97 Å². The first-order valence-electron chi connectivity index (χ1n) is 7.90. The molecule has 1 amide bonds. The van der Waals surface area contributed by atoms with Gasteiger partial charge >= 0.3 is 0 Å². The minimum atomic E-state index is -0.271. The van der Waals surface area contributed by atoms with Gasteiger partial charge in [0.2, 0.25) is 5.88 Å². The lowest BCUT2D eigenvalue weighted by molar-refractivity contribution is 0.0985. The molecule has 0 unspecified atom stereocenters. The number of para-hydroxylation sites is 1. The van der Waals surface area contributed by atoms with E-state index in [-0.39, 0.29) is 17.4 Å². The van der Waals surface area contributed by atoms with Gasteiger partial charge in [0, 0.05) is 29.5 Å². The summed E-state index contributed by atoms with van der Waals surface area (Å²) in [4.78, 5) is 22.7. The zero-order valence-corrected chi connectivity index (χ0v) is 15.4. The van der Waals surface area contributed by atoms with E-state index in [0.717, 1.165) is 5.69 Å². The van der Waals surface area contributed by atoms with E-state index < -0.39 is 0 Å². The number of aromatic nitrogens is 2. The van der Waals surface area contributed by atoms with Crippen LogP contribution >= 0.6 is 23.2 Å². The average Bonchev–Trinajstić information content (AvgIpc) is 2.66. The standard InChI is InChI=1S/C19H15Cl2N3O2/c1-2-24(14-6-4-3-5-7-14)19(25)15-11-22-12-23-18(15)26-17-10-13(20)8-9-16(17)21/h3-12H,2H2,1H3. The first-order chi connectivity index (χ1) is 12.6. The van der Waals surface area contributed by atoms with Gasteiger partial charge in [-0.2, -0.15) is 0 Å². The Bertz CT molecular complexity index is 920. The highest BCUT2D eigenvalue weighted by atomic mass is 35.5. The van der Waals surface area contributed by atoms with Crippen molar-refractivity contribution in [3.8, 4) is 11.6 Å². The lowest BCUT2D eigenvalue weighted by Crippen LogP contribution is -2.31. The summed E-state index contributed by atoms with van der Waals surface area (Å²) in [6, 6.07) is 14.2. The quantitative estimate of drug-likeness (QED) is 0.600. The SMILES string of the molecule is CCN(C(=O)c1cncnc1Oc1cc(Cl)ccc1Cl)c1ccccc1. The number of hydrogen-bond acceptors (Lipinski definition) is 4. The summed E-state index contributed by atoms with van der Waals surface area (Å²) in [5.41, 5.74) is 1.00. The van der Waals surface area contributed by atoms with E-state index in [2.05, 4.69) is 9.97 Å². The van der Waals surface area contributed by atoms with Crippen LogP contribution in [0.5, 0.6) is 11.6 Å². The minimum absolute atomic E-state index is 0.114. The third-order valence-corrected chi connectivity index (χ3v) is 4.18. The molecule has 0 saturated heterocycles. The predicted octanol–water partition coefficient (Wildman–Crippen LogP) is 5.24. The molecule has 5 nitrogen and oxygen atoms in total. The van der Waals surface area contributed by atoms with Crippen molar-refractivity contribution in [1.29, 1.82) is 0 Å². The molecule has 3 aromatic rings. The third kappa shape index (κ3) is 3.95. The van der Waals surface area contributed by atoms with Crippen molar-refractivity contribution in [2.45, 2.75) is 6.92 Å². The van der Waals surface area contributed by atoms with Gasteiger partial charge in [0.15, 0.2) is 0 Å². The van der Waals surface area contributed by atoms with Crippen LogP contribution in [0.2, 0.25) is 10.0 Å². The number of carbonyl (C=O) groups is 1. The Morgan fingerprint density at radius 1 is 1.15 bits per heavy atom. The number of carbonyl (C=O) groups excluding carboxylic acids is 1. The van der Waals surface area contributed by atoms with Crippen LogP contribution < -0.4 is 9.64 Å². The maximum atomic E-state index is 13.0. The van der Waals surface area contributed by atoms with E-state index in [1.54, 1.807) is 23.1 Å². The predicted molar refractivity (Wildman–Crippen MR) is 102 cm³/mol. The highest BCUT2D eigenvalue weighted by molar-refractivity contribution is 6.34. The van der Waals surface area contributed by atoms with Crippen LogP contribution in [0.25, 0.3) is 0 Å². The van der Waals surface area contributed by atoms with Gasteiger partial charge in [0.05, 0.1) is 5.02 Å². The Hall–Kier alpha value is -2.63. The largest absolute Gasteiger partial charge is 0.436 e. The van der Waals surface area contributed by atoms with Crippen LogP contribution in [0.4, 0.5) is 5.69 Å². The molecule has 132 valence electrons. The number of hydrogen-bond donors (Lipinski definition) is 0. The van der Waals surface area contributed by atoms with Crippen LogP contribution in [-0.4, -0.2) is 22.4 Å². The van der Waals surface area contributed by atoms with Crippen molar-refractivity contribution >= 4 is 34.8 Å². The van der Waals surface area contributed by atoms with E-state index in [1.165, 1.54) is 12.5 Å². The smallest absolute Gasteiger partial charge is 0.265 e. The Morgan fingerprint density at radius 3 is 2.65 bits per heavy atom. The molecule has 0 aliphatic heterocycles. The molecule has 1 heterocycles.